The maximum absolute atomic E-state index is 13.6. The van der Waals surface area contributed by atoms with E-state index in [2.05, 4.69) is 43.9 Å². The summed E-state index contributed by atoms with van der Waals surface area (Å²) in [5, 5.41) is 8.58. The van der Waals surface area contributed by atoms with Crippen LogP contribution in [-0.2, 0) is 17.3 Å². The Hall–Kier alpha value is -2.17. The zero-order chi connectivity index (χ0) is 18.5. The minimum Gasteiger partial charge on any atom is -0.341 e. The summed E-state index contributed by atoms with van der Waals surface area (Å²) in [6, 6.07) is 10.4. The molecule has 5 nitrogen and oxygen atoms in total. The number of carbonyl (C=O) groups is 1. The summed E-state index contributed by atoms with van der Waals surface area (Å²) in [5.74, 6) is 1.70. The zero-order valence-electron chi connectivity index (χ0n) is 16.1. The summed E-state index contributed by atoms with van der Waals surface area (Å²) in [4.78, 5) is 15.8. The Balaban J connectivity index is 1.46. The molecule has 2 heterocycles. The van der Waals surface area contributed by atoms with Gasteiger partial charge in [0.25, 0.3) is 0 Å². The molecule has 142 valence electrons. The Morgan fingerprint density at radius 1 is 1.07 bits per heavy atom. The van der Waals surface area contributed by atoms with E-state index < -0.39 is 0 Å². The summed E-state index contributed by atoms with van der Waals surface area (Å²) in [5.41, 5.74) is 1.10. The van der Waals surface area contributed by atoms with E-state index in [0.717, 1.165) is 31.8 Å². The van der Waals surface area contributed by atoms with E-state index in [1.165, 1.54) is 37.7 Å². The normalized spacial score (nSPS) is 25.7. The molecule has 5 heteroatoms. The van der Waals surface area contributed by atoms with Gasteiger partial charge in [-0.3, -0.25) is 4.79 Å². The van der Waals surface area contributed by atoms with E-state index in [-0.39, 0.29) is 10.8 Å². The number of likely N-dealkylation sites (tertiary alicyclic amines) is 1. The van der Waals surface area contributed by atoms with Gasteiger partial charge in [-0.2, -0.15) is 0 Å². The average molecular weight is 364 g/mol. The molecule has 2 saturated carbocycles. The third-order valence-corrected chi connectivity index (χ3v) is 7.33. The van der Waals surface area contributed by atoms with Crippen molar-refractivity contribution in [1.82, 2.24) is 19.7 Å². The van der Waals surface area contributed by atoms with Crippen LogP contribution in [0.1, 0.15) is 62.3 Å². The Bertz CT molecular complexity index is 833. The van der Waals surface area contributed by atoms with Crippen LogP contribution < -0.4 is 0 Å². The van der Waals surface area contributed by atoms with Gasteiger partial charge in [-0.05, 0) is 36.7 Å². The predicted molar refractivity (Wildman–Crippen MR) is 103 cm³/mol. The van der Waals surface area contributed by atoms with Gasteiger partial charge in [-0.15, -0.1) is 10.2 Å². The first kappa shape index (κ1) is 17.0. The second-order valence-corrected chi connectivity index (χ2v) is 8.91. The van der Waals surface area contributed by atoms with Gasteiger partial charge in [-0.25, -0.2) is 0 Å². The van der Waals surface area contributed by atoms with Gasteiger partial charge < -0.3 is 9.47 Å². The summed E-state index contributed by atoms with van der Waals surface area (Å²) in [7, 11) is 2.03. The molecule has 0 N–H and O–H groups in total. The number of rotatable bonds is 3. The highest BCUT2D eigenvalue weighted by atomic mass is 16.2. The number of hydrogen-bond donors (Lipinski definition) is 0. The van der Waals surface area contributed by atoms with Gasteiger partial charge in [0.2, 0.25) is 5.91 Å². The zero-order valence-corrected chi connectivity index (χ0v) is 16.1. The molecule has 1 aromatic carbocycles. The molecular weight excluding hydrogens is 336 g/mol. The van der Waals surface area contributed by atoms with Gasteiger partial charge in [0.15, 0.2) is 0 Å². The molecule has 1 saturated heterocycles. The summed E-state index contributed by atoms with van der Waals surface area (Å²) in [6.07, 6.45) is 10.00. The number of aryl methyl sites for hydroxylation is 1. The highest BCUT2D eigenvalue weighted by Crippen LogP contribution is 2.55. The molecule has 3 aliphatic rings. The second kappa shape index (κ2) is 6.18. The van der Waals surface area contributed by atoms with Crippen LogP contribution in [0.2, 0.25) is 0 Å². The highest BCUT2D eigenvalue weighted by molar-refractivity contribution is 5.91. The van der Waals surface area contributed by atoms with Gasteiger partial charge >= 0.3 is 0 Å². The largest absolute Gasteiger partial charge is 0.341 e. The van der Waals surface area contributed by atoms with Crippen LogP contribution in [0.4, 0.5) is 0 Å². The van der Waals surface area contributed by atoms with Crippen LogP contribution in [0, 0.1) is 5.41 Å². The first-order chi connectivity index (χ1) is 13.1. The molecule has 2 aromatic rings. The topological polar surface area (TPSA) is 51.0 Å². The molecule has 0 radical (unpaired) electrons. The van der Waals surface area contributed by atoms with Crippen molar-refractivity contribution in [2.24, 2.45) is 12.5 Å². The lowest BCUT2D eigenvalue weighted by molar-refractivity contribution is -0.133. The molecule has 5 rings (SSSR count). The van der Waals surface area contributed by atoms with Gasteiger partial charge in [0.05, 0.1) is 5.41 Å². The fourth-order valence-corrected chi connectivity index (χ4v) is 5.66. The third kappa shape index (κ3) is 2.62. The van der Waals surface area contributed by atoms with E-state index in [1.807, 2.05) is 13.1 Å². The predicted octanol–water partition coefficient (Wildman–Crippen LogP) is 3.42. The lowest BCUT2D eigenvalue weighted by Crippen LogP contribution is -2.39. The van der Waals surface area contributed by atoms with Crippen molar-refractivity contribution >= 4 is 5.91 Å². The van der Waals surface area contributed by atoms with E-state index in [9.17, 15) is 4.79 Å². The minimum absolute atomic E-state index is 0.182. The Labute approximate surface area is 160 Å². The molecule has 2 aliphatic carbocycles. The molecule has 1 aromatic heterocycles. The Morgan fingerprint density at radius 2 is 1.81 bits per heavy atom. The van der Waals surface area contributed by atoms with E-state index in [1.54, 1.807) is 6.33 Å². The van der Waals surface area contributed by atoms with Crippen LogP contribution in [0.3, 0.4) is 0 Å². The van der Waals surface area contributed by atoms with Crippen molar-refractivity contribution in [3.8, 4) is 0 Å². The van der Waals surface area contributed by atoms with Crippen molar-refractivity contribution in [1.29, 1.82) is 0 Å². The molecule has 1 spiro atoms. The second-order valence-electron chi connectivity index (χ2n) is 8.91. The van der Waals surface area contributed by atoms with Crippen LogP contribution in [0.5, 0.6) is 0 Å². The standard InChI is InChI=1S/C22H28N4O/c1-25-16-23-24-19(25)18-14-26(15-21(18)10-6-3-7-11-21)20(27)22(12-13-22)17-8-4-2-5-9-17/h2,4-5,8-9,16,18H,3,6-7,10-15H2,1H3. The van der Waals surface area contributed by atoms with Crippen molar-refractivity contribution in [2.45, 2.75) is 56.3 Å². The molecule has 0 bridgehead atoms. The van der Waals surface area contributed by atoms with Crippen molar-refractivity contribution in [3.63, 3.8) is 0 Å². The Morgan fingerprint density at radius 3 is 2.44 bits per heavy atom. The van der Waals surface area contributed by atoms with Crippen LogP contribution in [0.15, 0.2) is 36.7 Å². The smallest absolute Gasteiger partial charge is 0.233 e. The molecule has 1 atom stereocenters. The molecule has 1 unspecified atom stereocenters. The monoisotopic (exact) mass is 364 g/mol. The van der Waals surface area contributed by atoms with Gasteiger partial charge in [0.1, 0.15) is 12.2 Å². The highest BCUT2D eigenvalue weighted by Gasteiger charge is 2.57. The Kier molecular flexibility index (Phi) is 3.88. The van der Waals surface area contributed by atoms with Crippen molar-refractivity contribution in [3.05, 3.63) is 48.0 Å². The number of aromatic nitrogens is 3. The number of amides is 1. The minimum atomic E-state index is -0.272. The van der Waals surface area contributed by atoms with E-state index >= 15 is 0 Å². The number of benzene rings is 1. The third-order valence-electron chi connectivity index (χ3n) is 7.33. The van der Waals surface area contributed by atoms with E-state index in [0.29, 0.717) is 11.8 Å². The number of carbonyl (C=O) groups excluding carboxylic acids is 1. The first-order valence-corrected chi connectivity index (χ1v) is 10.3. The average Bonchev–Trinajstić information content (AvgIpc) is 3.30. The van der Waals surface area contributed by atoms with Gasteiger partial charge in [-0.1, -0.05) is 49.6 Å². The van der Waals surface area contributed by atoms with Crippen LogP contribution in [-0.4, -0.2) is 38.7 Å². The van der Waals surface area contributed by atoms with Crippen molar-refractivity contribution < 1.29 is 4.79 Å². The summed E-state index contributed by atoms with van der Waals surface area (Å²) >= 11 is 0. The van der Waals surface area contributed by atoms with Crippen LogP contribution >= 0.6 is 0 Å². The summed E-state index contributed by atoms with van der Waals surface area (Å²) < 4.78 is 2.05. The molecule has 3 fully saturated rings. The molecular formula is C22H28N4O. The molecule has 1 aliphatic heterocycles. The molecule has 27 heavy (non-hydrogen) atoms. The van der Waals surface area contributed by atoms with Crippen LogP contribution in [0.25, 0.3) is 0 Å². The maximum Gasteiger partial charge on any atom is 0.233 e. The molecule has 1 amide bonds. The number of hydrogen-bond acceptors (Lipinski definition) is 3. The lowest BCUT2D eigenvalue weighted by atomic mass is 9.67. The van der Waals surface area contributed by atoms with Crippen molar-refractivity contribution in [2.75, 3.05) is 13.1 Å². The lowest BCUT2D eigenvalue weighted by Gasteiger charge is -2.37. The summed E-state index contributed by atoms with van der Waals surface area (Å²) in [6.45, 7) is 1.68. The van der Waals surface area contributed by atoms with E-state index in [4.69, 9.17) is 0 Å². The SMILES string of the molecule is Cn1cnnc1C1CN(C(=O)C2(c3ccccc3)CC2)CC12CCCCC2. The number of nitrogens with zero attached hydrogens (tertiary/aromatic N) is 4. The van der Waals surface area contributed by atoms with Gasteiger partial charge in [0, 0.05) is 26.1 Å². The quantitative estimate of drug-likeness (QED) is 0.838. The fourth-order valence-electron chi connectivity index (χ4n) is 5.66. The first-order valence-electron chi connectivity index (χ1n) is 10.3. The maximum atomic E-state index is 13.6. The fraction of sp³-hybridized carbons (Fsp3) is 0.591.